The zero-order chi connectivity index (χ0) is 44.3. The van der Waals surface area contributed by atoms with Crippen LogP contribution in [0.5, 0.6) is 0 Å². The number of fused-ring (bicyclic) bond motifs is 8. The number of anilines is 3. The number of nitrogens with zero attached hydrogens (tertiary/aromatic N) is 1. The van der Waals surface area contributed by atoms with E-state index in [1.54, 1.807) is 0 Å². The van der Waals surface area contributed by atoms with E-state index in [2.05, 4.69) is 266 Å². The van der Waals surface area contributed by atoms with Gasteiger partial charge in [-0.05, 0) is 109 Å². The number of furan rings is 1. The van der Waals surface area contributed by atoms with Crippen LogP contribution in [0.15, 0.2) is 265 Å². The third-order valence-corrected chi connectivity index (χ3v) is 13.9. The lowest BCUT2D eigenvalue weighted by Gasteiger charge is -2.35. The Morgan fingerprint density at radius 3 is 1.48 bits per heavy atom. The summed E-state index contributed by atoms with van der Waals surface area (Å²) in [7, 11) is 0. The SMILES string of the molecule is c1ccc(-c2ccc(-c3cc(N(c4ccc(-c5ccccc5)cc4)c4ccc5c(c4)C(c4ccccc4)(c4ccccc4)c4ccccc4-5)cc4c3oc3c5ccccc5ccc43)cc2)cc1. The Hall–Kier alpha value is -8.72. The van der Waals surface area contributed by atoms with E-state index in [1.165, 1.54) is 55.6 Å². The van der Waals surface area contributed by atoms with E-state index in [-0.39, 0.29) is 0 Å². The average Bonchev–Trinajstić information content (AvgIpc) is 3.94. The zero-order valence-corrected chi connectivity index (χ0v) is 36.7. The van der Waals surface area contributed by atoms with Crippen LogP contribution < -0.4 is 4.90 Å². The minimum Gasteiger partial charge on any atom is -0.455 e. The van der Waals surface area contributed by atoms with E-state index in [9.17, 15) is 0 Å². The summed E-state index contributed by atoms with van der Waals surface area (Å²) in [5.41, 5.74) is 18.8. The van der Waals surface area contributed by atoms with Crippen molar-refractivity contribution in [1.29, 1.82) is 0 Å². The highest BCUT2D eigenvalue weighted by atomic mass is 16.3. The van der Waals surface area contributed by atoms with Gasteiger partial charge in [-0.3, -0.25) is 0 Å². The smallest absolute Gasteiger partial charge is 0.143 e. The largest absolute Gasteiger partial charge is 0.455 e. The second-order valence-corrected chi connectivity index (χ2v) is 17.6. The van der Waals surface area contributed by atoms with E-state index in [4.69, 9.17) is 4.42 Å². The molecule has 0 unspecified atom stereocenters. The molecule has 0 saturated carbocycles. The first kappa shape index (κ1) is 38.7. The molecule has 13 rings (SSSR count). The summed E-state index contributed by atoms with van der Waals surface area (Å²) in [4.78, 5) is 2.44. The molecular formula is C65H43NO. The average molecular weight is 854 g/mol. The van der Waals surface area contributed by atoms with E-state index in [1.807, 2.05) is 0 Å². The van der Waals surface area contributed by atoms with Crippen molar-refractivity contribution >= 4 is 49.8 Å². The Kier molecular flexibility index (Phi) is 9.11. The van der Waals surface area contributed by atoms with Gasteiger partial charge in [0.1, 0.15) is 11.2 Å². The van der Waals surface area contributed by atoms with Crippen molar-refractivity contribution in [2.45, 2.75) is 5.41 Å². The normalized spacial score (nSPS) is 12.6. The standard InChI is InChI=1S/C65H43NO/c1-5-17-44(18-6-1)46-29-31-49(32-30-46)59-41-54(42-60-58-39-35-48-21-13-14-26-55(48)63(58)67-64(59)60)66(52-36-33-47(34-37-52)45-19-7-2-8-20-45)53-38-40-57-56-27-15-16-28-61(56)65(62(57)43-53,50-22-9-3-10-23-50)51-24-11-4-12-25-51/h1-43H. The van der Waals surface area contributed by atoms with Gasteiger partial charge in [0, 0.05) is 38.8 Å². The number of hydrogen-bond donors (Lipinski definition) is 0. The van der Waals surface area contributed by atoms with Gasteiger partial charge in [-0.15, -0.1) is 0 Å². The first-order valence-electron chi connectivity index (χ1n) is 23.1. The van der Waals surface area contributed by atoms with Crippen LogP contribution in [-0.4, -0.2) is 0 Å². The van der Waals surface area contributed by atoms with E-state index >= 15 is 0 Å². The molecule has 0 spiro atoms. The van der Waals surface area contributed by atoms with Crippen LogP contribution in [0.1, 0.15) is 22.3 Å². The van der Waals surface area contributed by atoms with Gasteiger partial charge >= 0.3 is 0 Å². The number of benzene rings is 11. The Morgan fingerprint density at radius 2 is 0.806 bits per heavy atom. The van der Waals surface area contributed by atoms with Crippen LogP contribution in [0.2, 0.25) is 0 Å². The molecule has 0 amide bonds. The summed E-state index contributed by atoms with van der Waals surface area (Å²) in [5.74, 6) is 0. The molecule has 314 valence electrons. The minimum absolute atomic E-state index is 0.551. The minimum atomic E-state index is -0.551. The molecule has 0 aliphatic heterocycles. The molecule has 67 heavy (non-hydrogen) atoms. The quantitative estimate of drug-likeness (QED) is 0.151. The molecule has 1 heterocycles. The number of rotatable bonds is 8. The summed E-state index contributed by atoms with van der Waals surface area (Å²) in [6, 6.07) is 95.0. The lowest BCUT2D eigenvalue weighted by Crippen LogP contribution is -2.28. The lowest BCUT2D eigenvalue weighted by atomic mass is 9.67. The van der Waals surface area contributed by atoms with Crippen LogP contribution in [0, 0.1) is 0 Å². The van der Waals surface area contributed by atoms with Crippen LogP contribution >= 0.6 is 0 Å². The molecule has 0 N–H and O–H groups in total. The fourth-order valence-corrected chi connectivity index (χ4v) is 10.9. The third kappa shape index (κ3) is 6.26. The van der Waals surface area contributed by atoms with Gasteiger partial charge in [-0.2, -0.15) is 0 Å². The van der Waals surface area contributed by atoms with Crippen molar-refractivity contribution in [3.8, 4) is 44.5 Å². The van der Waals surface area contributed by atoms with Crippen LogP contribution in [0.25, 0.3) is 77.2 Å². The second kappa shape index (κ2) is 15.8. The molecule has 0 atom stereocenters. The van der Waals surface area contributed by atoms with Crippen LogP contribution in [0.3, 0.4) is 0 Å². The maximum Gasteiger partial charge on any atom is 0.143 e. The lowest BCUT2D eigenvalue weighted by molar-refractivity contribution is 0.674. The predicted octanol–water partition coefficient (Wildman–Crippen LogP) is 17.6. The molecule has 1 aliphatic carbocycles. The molecule has 0 saturated heterocycles. The molecule has 2 nitrogen and oxygen atoms in total. The van der Waals surface area contributed by atoms with Crippen molar-refractivity contribution in [2.24, 2.45) is 0 Å². The third-order valence-electron chi connectivity index (χ3n) is 13.9. The molecule has 2 heteroatoms. The highest BCUT2D eigenvalue weighted by Gasteiger charge is 2.46. The van der Waals surface area contributed by atoms with E-state index < -0.39 is 5.41 Å². The molecule has 12 aromatic rings. The van der Waals surface area contributed by atoms with Gasteiger partial charge in [0.05, 0.1) is 5.41 Å². The first-order chi connectivity index (χ1) is 33.2. The summed E-state index contributed by atoms with van der Waals surface area (Å²) >= 11 is 0. The molecule has 11 aromatic carbocycles. The van der Waals surface area contributed by atoms with Crippen molar-refractivity contribution in [3.63, 3.8) is 0 Å². The molecule has 0 radical (unpaired) electrons. The fraction of sp³-hybridized carbons (Fsp3) is 0.0154. The molecule has 1 aromatic heterocycles. The van der Waals surface area contributed by atoms with Gasteiger partial charge in [0.2, 0.25) is 0 Å². The maximum absolute atomic E-state index is 7.08. The molecule has 0 bridgehead atoms. The second-order valence-electron chi connectivity index (χ2n) is 17.6. The van der Waals surface area contributed by atoms with Gasteiger partial charge in [0.15, 0.2) is 0 Å². The van der Waals surface area contributed by atoms with Gasteiger partial charge < -0.3 is 9.32 Å². The van der Waals surface area contributed by atoms with Gasteiger partial charge in [0.25, 0.3) is 0 Å². The summed E-state index contributed by atoms with van der Waals surface area (Å²) < 4.78 is 7.08. The highest BCUT2D eigenvalue weighted by Crippen LogP contribution is 2.57. The monoisotopic (exact) mass is 853 g/mol. The highest BCUT2D eigenvalue weighted by molar-refractivity contribution is 6.18. The Labute approximate surface area is 390 Å². The summed E-state index contributed by atoms with van der Waals surface area (Å²) in [5, 5.41) is 4.42. The van der Waals surface area contributed by atoms with Crippen LogP contribution in [0.4, 0.5) is 17.1 Å². The van der Waals surface area contributed by atoms with Gasteiger partial charge in [-0.1, -0.05) is 218 Å². The van der Waals surface area contributed by atoms with Crippen LogP contribution in [-0.2, 0) is 5.41 Å². The first-order valence-corrected chi connectivity index (χ1v) is 23.1. The van der Waals surface area contributed by atoms with Gasteiger partial charge in [-0.25, -0.2) is 0 Å². The van der Waals surface area contributed by atoms with Crippen molar-refractivity contribution in [2.75, 3.05) is 4.90 Å². The van der Waals surface area contributed by atoms with Crippen molar-refractivity contribution in [3.05, 3.63) is 283 Å². The predicted molar refractivity (Wildman–Crippen MR) is 280 cm³/mol. The molecule has 0 fully saturated rings. The van der Waals surface area contributed by atoms with Crippen molar-refractivity contribution in [1.82, 2.24) is 0 Å². The maximum atomic E-state index is 7.08. The zero-order valence-electron chi connectivity index (χ0n) is 36.7. The summed E-state index contributed by atoms with van der Waals surface area (Å²) in [6.07, 6.45) is 0. The topological polar surface area (TPSA) is 16.4 Å². The molecule has 1 aliphatic rings. The fourth-order valence-electron chi connectivity index (χ4n) is 10.9. The Morgan fingerprint density at radius 1 is 0.284 bits per heavy atom. The van der Waals surface area contributed by atoms with E-state index in [0.717, 1.165) is 60.9 Å². The Balaban J connectivity index is 1.08. The molecular weight excluding hydrogens is 811 g/mol. The summed E-state index contributed by atoms with van der Waals surface area (Å²) in [6.45, 7) is 0. The number of hydrogen-bond acceptors (Lipinski definition) is 2. The van der Waals surface area contributed by atoms with Crippen molar-refractivity contribution < 1.29 is 4.42 Å². The van der Waals surface area contributed by atoms with E-state index in [0.29, 0.717) is 0 Å². The Bertz CT molecular complexity index is 3720.